The first-order valence-corrected chi connectivity index (χ1v) is 11.2. The van der Waals surface area contributed by atoms with Crippen LogP contribution in [0.25, 0.3) is 0 Å². The van der Waals surface area contributed by atoms with E-state index < -0.39 is 5.97 Å². The quantitative estimate of drug-likeness (QED) is 0.475. The summed E-state index contributed by atoms with van der Waals surface area (Å²) in [6.45, 7) is 7.29. The van der Waals surface area contributed by atoms with Crippen LogP contribution in [0.5, 0.6) is 11.5 Å². The molecule has 31 heavy (non-hydrogen) atoms. The van der Waals surface area contributed by atoms with Crippen LogP contribution < -0.4 is 4.74 Å². The second-order valence-corrected chi connectivity index (χ2v) is 8.70. The van der Waals surface area contributed by atoms with Gasteiger partial charge in [-0.15, -0.1) is 0 Å². The van der Waals surface area contributed by atoms with E-state index in [1.54, 1.807) is 0 Å². The van der Waals surface area contributed by atoms with Gasteiger partial charge in [0.15, 0.2) is 0 Å². The Bertz CT molecular complexity index is 868. The summed E-state index contributed by atoms with van der Waals surface area (Å²) in [5.74, 6) is 0.726. The molecule has 0 radical (unpaired) electrons. The minimum absolute atomic E-state index is 0.0344. The Morgan fingerprint density at radius 1 is 1.10 bits per heavy atom. The molecule has 2 aromatic carbocycles. The van der Waals surface area contributed by atoms with E-state index in [0.29, 0.717) is 13.2 Å². The minimum atomic E-state index is -0.929. The third-order valence-corrected chi connectivity index (χ3v) is 6.57. The van der Waals surface area contributed by atoms with Gasteiger partial charge in [-0.2, -0.15) is 0 Å². The van der Waals surface area contributed by atoms with Gasteiger partial charge in [-0.1, -0.05) is 38.1 Å². The number of benzene rings is 2. The predicted octanol–water partition coefficient (Wildman–Crippen LogP) is 5.95. The Morgan fingerprint density at radius 3 is 2.48 bits per heavy atom. The molecule has 1 saturated heterocycles. The zero-order valence-corrected chi connectivity index (χ0v) is 18.9. The Hall–Kier alpha value is -2.37. The number of aliphatic carboxylic acids is 1. The minimum Gasteiger partial charge on any atom is -0.480 e. The van der Waals surface area contributed by atoms with Crippen molar-refractivity contribution in [2.45, 2.75) is 58.5 Å². The predicted molar refractivity (Wildman–Crippen MR) is 121 cm³/mol. The molecule has 0 aromatic heterocycles. The Morgan fingerprint density at radius 2 is 1.84 bits per heavy atom. The summed E-state index contributed by atoms with van der Waals surface area (Å²) in [6.07, 6.45) is 4.68. The summed E-state index contributed by atoms with van der Waals surface area (Å²) in [5.41, 5.74) is 2.03. The lowest BCUT2D eigenvalue weighted by Crippen LogP contribution is -2.41. The van der Waals surface area contributed by atoms with E-state index in [2.05, 4.69) is 45.0 Å². The smallest absolute Gasteiger partial charge is 0.329 e. The molecule has 0 saturated carbocycles. The van der Waals surface area contributed by atoms with Crippen molar-refractivity contribution < 1.29 is 24.1 Å². The Labute approximate surface area is 185 Å². The van der Waals surface area contributed by atoms with Crippen LogP contribution in [0.15, 0.2) is 48.5 Å². The summed E-state index contributed by atoms with van der Waals surface area (Å²) in [7, 11) is 0. The van der Waals surface area contributed by atoms with Gasteiger partial charge in [0.2, 0.25) is 0 Å². The molecule has 0 bridgehead atoms. The molecular formula is C26H34O5. The van der Waals surface area contributed by atoms with Crippen molar-refractivity contribution in [3.63, 3.8) is 0 Å². The van der Waals surface area contributed by atoms with E-state index in [1.807, 2.05) is 24.3 Å². The molecule has 168 valence electrons. The number of ether oxygens (including phenoxy) is 3. The lowest BCUT2D eigenvalue weighted by molar-refractivity contribution is -0.146. The summed E-state index contributed by atoms with van der Waals surface area (Å²) in [4.78, 5) is 10.7. The van der Waals surface area contributed by atoms with Gasteiger partial charge in [-0.05, 0) is 79.8 Å². The average Bonchev–Trinajstić information content (AvgIpc) is 2.78. The molecule has 2 unspecified atom stereocenters. The second kappa shape index (κ2) is 10.3. The zero-order valence-electron chi connectivity index (χ0n) is 18.9. The van der Waals surface area contributed by atoms with Crippen LogP contribution in [0, 0.1) is 5.41 Å². The molecular weight excluding hydrogens is 392 g/mol. The van der Waals surface area contributed by atoms with Crippen molar-refractivity contribution in [3.8, 4) is 11.5 Å². The highest BCUT2D eigenvalue weighted by molar-refractivity contribution is 5.67. The first-order valence-electron chi connectivity index (χ1n) is 11.2. The standard InChI is InChI=1S/C26H34O5/c1-4-20-8-6-10-22(16-20)31-23-11-7-9-21(17-23)25(3)12-13-26(5-2,19-30-25)14-15-29-18-24(27)28/h6-11,16-17H,4-5,12-15,18-19H2,1-3H3,(H,27,28). The second-order valence-electron chi connectivity index (χ2n) is 8.70. The molecule has 5 heteroatoms. The molecule has 1 aliphatic heterocycles. The maximum atomic E-state index is 10.7. The first kappa shape index (κ1) is 23.3. The lowest BCUT2D eigenvalue weighted by Gasteiger charge is -2.45. The zero-order chi connectivity index (χ0) is 22.3. The van der Waals surface area contributed by atoms with Gasteiger partial charge in [0.1, 0.15) is 18.1 Å². The maximum Gasteiger partial charge on any atom is 0.329 e. The van der Waals surface area contributed by atoms with E-state index in [9.17, 15) is 4.79 Å². The third-order valence-electron chi connectivity index (χ3n) is 6.57. The number of carboxylic acids is 1. The van der Waals surface area contributed by atoms with Gasteiger partial charge in [0, 0.05) is 6.61 Å². The highest BCUT2D eigenvalue weighted by Crippen LogP contribution is 2.46. The summed E-state index contributed by atoms with van der Waals surface area (Å²) >= 11 is 0. The number of carbonyl (C=O) groups is 1. The van der Waals surface area contributed by atoms with Crippen molar-refractivity contribution in [2.75, 3.05) is 19.8 Å². The maximum absolute atomic E-state index is 10.7. The van der Waals surface area contributed by atoms with Crippen molar-refractivity contribution >= 4 is 5.97 Å². The summed E-state index contributed by atoms with van der Waals surface area (Å²) < 4.78 is 17.9. The van der Waals surface area contributed by atoms with Crippen LogP contribution in [0.2, 0.25) is 0 Å². The molecule has 1 N–H and O–H groups in total. The van der Waals surface area contributed by atoms with E-state index in [0.717, 1.165) is 49.2 Å². The average molecular weight is 427 g/mol. The normalized spacial score (nSPS) is 23.5. The Balaban J connectivity index is 1.65. The number of hydrogen-bond acceptors (Lipinski definition) is 4. The number of carboxylic acid groups (broad SMARTS) is 1. The van der Waals surface area contributed by atoms with E-state index >= 15 is 0 Å². The van der Waals surface area contributed by atoms with Gasteiger partial charge >= 0.3 is 5.97 Å². The van der Waals surface area contributed by atoms with E-state index in [4.69, 9.17) is 19.3 Å². The molecule has 2 aromatic rings. The summed E-state index contributed by atoms with van der Waals surface area (Å²) in [6, 6.07) is 16.4. The number of aryl methyl sites for hydroxylation is 1. The van der Waals surface area contributed by atoms with Crippen LogP contribution in [0.3, 0.4) is 0 Å². The van der Waals surface area contributed by atoms with Crippen LogP contribution in [-0.4, -0.2) is 30.9 Å². The molecule has 5 nitrogen and oxygen atoms in total. The topological polar surface area (TPSA) is 65.0 Å². The molecule has 0 aliphatic carbocycles. The fourth-order valence-corrected chi connectivity index (χ4v) is 4.14. The molecule has 0 amide bonds. The highest BCUT2D eigenvalue weighted by Gasteiger charge is 2.41. The van der Waals surface area contributed by atoms with Crippen molar-refractivity contribution in [2.24, 2.45) is 5.41 Å². The van der Waals surface area contributed by atoms with Gasteiger partial charge in [-0.25, -0.2) is 4.79 Å². The molecule has 2 atom stereocenters. The van der Waals surface area contributed by atoms with Gasteiger partial charge in [-0.3, -0.25) is 0 Å². The molecule has 0 spiro atoms. The van der Waals surface area contributed by atoms with Crippen LogP contribution in [-0.2, 0) is 26.3 Å². The van der Waals surface area contributed by atoms with Crippen LogP contribution >= 0.6 is 0 Å². The van der Waals surface area contributed by atoms with Crippen LogP contribution in [0.1, 0.15) is 57.6 Å². The first-order chi connectivity index (χ1) is 14.9. The molecule has 1 fully saturated rings. The van der Waals surface area contributed by atoms with Crippen LogP contribution in [0.4, 0.5) is 0 Å². The fraction of sp³-hybridized carbons (Fsp3) is 0.500. The monoisotopic (exact) mass is 426 g/mol. The summed E-state index contributed by atoms with van der Waals surface area (Å²) in [5, 5.41) is 8.75. The molecule has 3 rings (SSSR count). The van der Waals surface area contributed by atoms with Gasteiger partial charge in [0.25, 0.3) is 0 Å². The largest absolute Gasteiger partial charge is 0.480 e. The Kier molecular flexibility index (Phi) is 7.74. The molecule has 1 aliphatic rings. The van der Waals surface area contributed by atoms with Gasteiger partial charge < -0.3 is 19.3 Å². The van der Waals surface area contributed by atoms with E-state index in [1.165, 1.54) is 5.56 Å². The fourth-order valence-electron chi connectivity index (χ4n) is 4.14. The third kappa shape index (κ3) is 6.08. The SMILES string of the molecule is CCc1cccc(Oc2cccc(C3(C)CCC(CC)(CCOCC(=O)O)CO3)c2)c1. The molecule has 1 heterocycles. The lowest BCUT2D eigenvalue weighted by atomic mass is 9.72. The van der Waals surface area contributed by atoms with E-state index in [-0.39, 0.29) is 17.6 Å². The number of hydrogen-bond donors (Lipinski definition) is 1. The highest BCUT2D eigenvalue weighted by atomic mass is 16.5. The van der Waals surface area contributed by atoms with Crippen molar-refractivity contribution in [1.82, 2.24) is 0 Å². The van der Waals surface area contributed by atoms with Crippen molar-refractivity contribution in [3.05, 3.63) is 59.7 Å². The number of rotatable bonds is 10. The van der Waals surface area contributed by atoms with Gasteiger partial charge in [0.05, 0.1) is 12.2 Å². The van der Waals surface area contributed by atoms with Crippen molar-refractivity contribution in [1.29, 1.82) is 0 Å².